The van der Waals surface area contributed by atoms with E-state index in [2.05, 4.69) is 8.79 Å². The molecule has 5 heavy (non-hydrogen) atoms. The molecule has 3 N–H and O–H groups in total. The number of rotatable bonds is 0. The Balaban J connectivity index is 3.02. The van der Waals surface area contributed by atoms with Gasteiger partial charge >= 0.3 is 0 Å². The summed E-state index contributed by atoms with van der Waals surface area (Å²) in [5.41, 5.74) is 0. The molecule has 0 aliphatic rings. The van der Waals surface area contributed by atoms with E-state index in [1.807, 2.05) is 0 Å². The molecule has 0 amide bonds. The summed E-state index contributed by atoms with van der Waals surface area (Å²) in [4.78, 5) is 8.40. The fraction of sp³-hybridized carbons (Fsp3) is 1.00. The summed E-state index contributed by atoms with van der Waals surface area (Å²) in [5, 5.41) is 5.01. The minimum Gasteiger partial charge on any atom is -0.417 e. The molecule has 0 aromatic rings. The Hall–Kier alpha value is 0.567. The number of hydrogen-bond acceptors (Lipinski definition) is 2. The van der Waals surface area contributed by atoms with Gasteiger partial charge in [0.25, 0.3) is 8.15 Å². The van der Waals surface area contributed by atoms with Crippen molar-refractivity contribution in [3.63, 3.8) is 0 Å². The maximum atomic E-state index is 8.40. The quantitative estimate of drug-likeness (QED) is 0.322. The second kappa shape index (κ2) is 1.35. The lowest BCUT2D eigenvalue weighted by molar-refractivity contribution is 0.572. The van der Waals surface area contributed by atoms with Crippen LogP contribution in [0.15, 0.2) is 0 Å². The van der Waals surface area contributed by atoms with Gasteiger partial charge in [0, 0.05) is 0 Å². The first kappa shape index (κ1) is 5.57. The van der Waals surface area contributed by atoms with Crippen LogP contribution in [0.25, 0.3) is 0 Å². The molecular weight excluding hydrogens is 101 g/mol. The molecule has 0 saturated heterocycles. The van der Waals surface area contributed by atoms with Gasteiger partial charge in [-0.05, 0) is 6.55 Å². The summed E-state index contributed by atoms with van der Waals surface area (Å²) in [7, 11) is -0.00694. The van der Waals surface area contributed by atoms with E-state index in [0.29, 0.717) is 0 Å². The number of nitrogens with two attached hydrogens (primary N) is 1. The standard InChI is InChI=1S/CH8NOPSi/c1-5(2,3)4/h3H,2,4H2,1H3. The highest BCUT2D eigenvalue weighted by Gasteiger charge is 2.05. The fourth-order valence-electron chi connectivity index (χ4n) is 0. The van der Waals surface area contributed by atoms with Gasteiger partial charge in [-0.15, -0.1) is 8.79 Å². The Morgan fingerprint density at radius 2 is 2.00 bits per heavy atom. The van der Waals surface area contributed by atoms with Crippen LogP contribution in [0.3, 0.4) is 0 Å². The van der Waals surface area contributed by atoms with Crippen LogP contribution in [0.2, 0.25) is 6.55 Å². The molecule has 2 nitrogen and oxygen atoms in total. The summed E-state index contributed by atoms with van der Waals surface area (Å²) in [6.45, 7) is 1.62. The third-order valence-electron chi connectivity index (χ3n) is 0. The molecule has 32 valence electrons. The first-order chi connectivity index (χ1) is 2.00. The van der Waals surface area contributed by atoms with Crippen LogP contribution in [0.5, 0.6) is 0 Å². The van der Waals surface area contributed by atoms with Crippen LogP contribution in [-0.4, -0.2) is 12.9 Å². The highest BCUT2D eigenvalue weighted by Crippen LogP contribution is 1.93. The van der Waals surface area contributed by atoms with Gasteiger partial charge in [-0.2, -0.15) is 0 Å². The SMILES string of the molecule is C[Si](N)(O)P. The average Bonchev–Trinajstić information content (AvgIpc) is 0.722. The summed E-state index contributed by atoms with van der Waals surface area (Å²) < 4.78 is 0. The molecule has 4 heteroatoms. The molecule has 0 rings (SSSR count). The molecular formula is CH8NOPSi. The van der Waals surface area contributed by atoms with E-state index in [0.717, 1.165) is 0 Å². The van der Waals surface area contributed by atoms with Crippen molar-refractivity contribution in [1.29, 1.82) is 0 Å². The number of hydrogen-bond donors (Lipinski definition) is 2. The predicted molar refractivity (Wildman–Crippen MR) is 27.7 cm³/mol. The Kier molecular flexibility index (Phi) is 1.50. The van der Waals surface area contributed by atoms with Crippen LogP contribution in [-0.2, 0) is 0 Å². The molecule has 2 atom stereocenters. The van der Waals surface area contributed by atoms with Gasteiger partial charge in [-0.3, -0.25) is 0 Å². The minimum atomic E-state index is -2.19. The van der Waals surface area contributed by atoms with E-state index in [4.69, 9.17) is 10.2 Å². The van der Waals surface area contributed by atoms with Crippen molar-refractivity contribution in [2.24, 2.45) is 5.40 Å². The van der Waals surface area contributed by atoms with E-state index in [-0.39, 0.29) is 0 Å². The van der Waals surface area contributed by atoms with Crippen LogP contribution in [0.4, 0.5) is 0 Å². The van der Waals surface area contributed by atoms with E-state index in [9.17, 15) is 0 Å². The summed E-state index contributed by atoms with van der Waals surface area (Å²) in [6.07, 6.45) is 0. The average molecular weight is 109 g/mol. The van der Waals surface area contributed by atoms with Gasteiger partial charge in [0.1, 0.15) is 0 Å². The lowest BCUT2D eigenvalue weighted by Gasteiger charge is -1.99. The monoisotopic (exact) mass is 109 g/mol. The second-order valence-corrected chi connectivity index (χ2v) is 7.18. The molecule has 0 aromatic heterocycles. The van der Waals surface area contributed by atoms with E-state index >= 15 is 0 Å². The molecule has 2 unspecified atom stereocenters. The minimum absolute atomic E-state index is 1.62. The van der Waals surface area contributed by atoms with Gasteiger partial charge in [-0.1, -0.05) is 0 Å². The van der Waals surface area contributed by atoms with Crippen molar-refractivity contribution < 1.29 is 4.80 Å². The third kappa shape index (κ3) is 93.6. The van der Waals surface area contributed by atoms with Crippen molar-refractivity contribution in [3.8, 4) is 0 Å². The largest absolute Gasteiger partial charge is 0.417 e. The highest BCUT2D eigenvalue weighted by molar-refractivity contribution is 7.65. The van der Waals surface area contributed by atoms with E-state index in [1.165, 1.54) is 0 Å². The van der Waals surface area contributed by atoms with Crippen molar-refractivity contribution in [2.75, 3.05) is 0 Å². The Morgan fingerprint density at radius 3 is 2.00 bits per heavy atom. The summed E-state index contributed by atoms with van der Waals surface area (Å²) >= 11 is 0. The van der Waals surface area contributed by atoms with Gasteiger partial charge in [0.05, 0.1) is 0 Å². The van der Waals surface area contributed by atoms with Crippen molar-refractivity contribution in [1.82, 2.24) is 0 Å². The van der Waals surface area contributed by atoms with Crippen LogP contribution in [0.1, 0.15) is 0 Å². The molecule has 0 fully saturated rings. The van der Waals surface area contributed by atoms with Crippen LogP contribution < -0.4 is 5.40 Å². The maximum Gasteiger partial charge on any atom is 0.280 e. The van der Waals surface area contributed by atoms with E-state index in [1.54, 1.807) is 6.55 Å². The van der Waals surface area contributed by atoms with Crippen molar-refractivity contribution in [3.05, 3.63) is 0 Å². The van der Waals surface area contributed by atoms with Crippen LogP contribution >= 0.6 is 8.79 Å². The summed E-state index contributed by atoms with van der Waals surface area (Å²) in [6, 6.07) is 0. The lowest BCUT2D eigenvalue weighted by Crippen LogP contribution is -2.33. The van der Waals surface area contributed by atoms with Gasteiger partial charge in [0.2, 0.25) is 0 Å². The summed E-state index contributed by atoms with van der Waals surface area (Å²) in [5.74, 6) is 0. The molecule has 0 radical (unpaired) electrons. The molecule has 0 aliphatic carbocycles. The first-order valence-electron chi connectivity index (χ1n) is 1.30. The van der Waals surface area contributed by atoms with Crippen molar-refractivity contribution in [2.45, 2.75) is 6.55 Å². The molecule has 0 heterocycles. The molecule has 0 bridgehead atoms. The predicted octanol–water partition coefficient (Wildman–Crippen LogP) is -0.619. The van der Waals surface area contributed by atoms with Gasteiger partial charge < -0.3 is 10.2 Å². The zero-order valence-corrected chi connectivity index (χ0v) is 5.26. The second-order valence-electron chi connectivity index (χ2n) is 1.23. The molecule has 0 aromatic carbocycles. The Morgan fingerprint density at radius 1 is 2.00 bits per heavy atom. The zero-order chi connectivity index (χ0) is 4.50. The van der Waals surface area contributed by atoms with E-state index < -0.39 is 8.15 Å². The lowest BCUT2D eigenvalue weighted by atomic mass is 11.9. The Labute approximate surface area is 34.6 Å². The Bertz CT molecular complexity index is 27.1. The van der Waals surface area contributed by atoms with Gasteiger partial charge in [0.15, 0.2) is 0 Å². The third-order valence-corrected chi connectivity index (χ3v) is 0. The first-order valence-corrected chi connectivity index (χ1v) is 5.63. The van der Waals surface area contributed by atoms with Crippen LogP contribution in [0, 0.1) is 0 Å². The molecule has 0 aliphatic heterocycles. The van der Waals surface area contributed by atoms with Gasteiger partial charge in [-0.25, -0.2) is 0 Å². The normalized spacial score (nSPS) is 21.6. The highest BCUT2D eigenvalue weighted by atomic mass is 31.3. The van der Waals surface area contributed by atoms with Crippen molar-refractivity contribution >= 4 is 16.9 Å². The smallest absolute Gasteiger partial charge is 0.280 e. The molecule has 0 spiro atoms. The fourth-order valence-corrected chi connectivity index (χ4v) is 0. The zero-order valence-electron chi connectivity index (χ0n) is 3.10. The topological polar surface area (TPSA) is 46.2 Å². The molecule has 0 saturated carbocycles. The maximum absolute atomic E-state index is 8.40.